The molecule has 2 unspecified atom stereocenters. The minimum atomic E-state index is 0.382. The zero-order valence-corrected chi connectivity index (χ0v) is 18.9. The zero-order chi connectivity index (χ0) is 20.5. The van der Waals surface area contributed by atoms with Crippen LogP contribution in [0.1, 0.15) is 98.4 Å². The molecule has 2 rings (SSSR count). The monoisotopic (exact) mass is 389 g/mol. The van der Waals surface area contributed by atoms with Gasteiger partial charge in [0.1, 0.15) is 0 Å². The Hall–Kier alpha value is -1.32. The highest BCUT2D eigenvalue weighted by atomic mass is 16.2. The van der Waals surface area contributed by atoms with Crippen molar-refractivity contribution in [3.8, 4) is 0 Å². The van der Waals surface area contributed by atoms with Crippen LogP contribution < -0.4 is 0 Å². The molecule has 4 atom stereocenters. The summed E-state index contributed by atoms with van der Waals surface area (Å²) >= 11 is 0. The number of carbonyl (C=O) groups excluding carboxylic acids is 1. The summed E-state index contributed by atoms with van der Waals surface area (Å²) < 4.78 is 2.15. The van der Waals surface area contributed by atoms with Crippen LogP contribution in [-0.4, -0.2) is 33.2 Å². The maximum absolute atomic E-state index is 12.3. The number of nitrogens with zero attached hydrogens (tertiary/aromatic N) is 3. The number of aromatic nitrogens is 2. The summed E-state index contributed by atoms with van der Waals surface area (Å²) in [5.74, 6) is 2.41. The first-order chi connectivity index (χ1) is 13.4. The predicted molar refractivity (Wildman–Crippen MR) is 117 cm³/mol. The molecule has 0 bridgehead atoms. The van der Waals surface area contributed by atoms with E-state index in [4.69, 9.17) is 0 Å². The van der Waals surface area contributed by atoms with Crippen LogP contribution in [0.15, 0.2) is 18.5 Å². The first-order valence-corrected chi connectivity index (χ1v) is 11.7. The molecule has 0 aliphatic carbocycles. The fourth-order valence-electron chi connectivity index (χ4n) is 4.87. The molecule has 1 fully saturated rings. The number of carbonyl (C=O) groups is 1. The van der Waals surface area contributed by atoms with Crippen LogP contribution in [0, 0.1) is 17.8 Å². The number of likely N-dealkylation sites (tertiary alicyclic amines) is 1. The Morgan fingerprint density at radius 2 is 1.68 bits per heavy atom. The minimum absolute atomic E-state index is 0.382. The molecule has 160 valence electrons. The lowest BCUT2D eigenvalue weighted by Crippen LogP contribution is -2.38. The van der Waals surface area contributed by atoms with Gasteiger partial charge in [-0.15, -0.1) is 0 Å². The Morgan fingerprint density at radius 3 is 2.18 bits per heavy atom. The van der Waals surface area contributed by atoms with E-state index < -0.39 is 0 Å². The Balaban J connectivity index is 1.81. The van der Waals surface area contributed by atoms with Gasteiger partial charge >= 0.3 is 0 Å². The fraction of sp³-hybridized carbons (Fsp3) is 0.833. The van der Waals surface area contributed by atoms with Gasteiger partial charge in [0.15, 0.2) is 0 Å². The van der Waals surface area contributed by atoms with E-state index in [1.165, 1.54) is 32.1 Å². The Bertz CT molecular complexity index is 554. The SMILES string of the molecule is CCCC(C[C@H](C)CC[C@H](C)CC(CC(C)C)N1CCCC1=O)n1cccn1. The molecular formula is C24H43N3O. The Kier molecular flexibility index (Phi) is 9.53. The van der Waals surface area contributed by atoms with Crippen molar-refractivity contribution in [3.05, 3.63) is 18.5 Å². The van der Waals surface area contributed by atoms with Crippen molar-refractivity contribution < 1.29 is 4.79 Å². The van der Waals surface area contributed by atoms with Gasteiger partial charge in [0.25, 0.3) is 0 Å². The second kappa shape index (κ2) is 11.6. The molecule has 1 aromatic rings. The minimum Gasteiger partial charge on any atom is -0.340 e. The van der Waals surface area contributed by atoms with Crippen molar-refractivity contribution in [2.24, 2.45) is 17.8 Å². The topological polar surface area (TPSA) is 38.1 Å². The van der Waals surface area contributed by atoms with Crippen molar-refractivity contribution in [1.29, 1.82) is 0 Å². The first-order valence-electron chi connectivity index (χ1n) is 11.7. The van der Waals surface area contributed by atoms with Gasteiger partial charge < -0.3 is 4.90 Å². The summed E-state index contributed by atoms with van der Waals surface area (Å²) in [6.07, 6.45) is 14.3. The van der Waals surface area contributed by atoms with Crippen molar-refractivity contribution >= 4 is 5.91 Å². The number of hydrogen-bond acceptors (Lipinski definition) is 2. The van der Waals surface area contributed by atoms with Crippen LogP contribution in [0.3, 0.4) is 0 Å². The third kappa shape index (κ3) is 7.25. The summed E-state index contributed by atoms with van der Waals surface area (Å²) in [6, 6.07) is 3.00. The maximum Gasteiger partial charge on any atom is 0.222 e. The van der Waals surface area contributed by atoms with Crippen LogP contribution >= 0.6 is 0 Å². The molecule has 1 amide bonds. The zero-order valence-electron chi connectivity index (χ0n) is 18.9. The van der Waals surface area contributed by atoms with Gasteiger partial charge in [-0.3, -0.25) is 9.48 Å². The van der Waals surface area contributed by atoms with Gasteiger partial charge in [-0.05, 0) is 55.9 Å². The average Bonchev–Trinajstić information content (AvgIpc) is 3.30. The van der Waals surface area contributed by atoms with Crippen LogP contribution in [0.2, 0.25) is 0 Å². The number of amides is 1. The van der Waals surface area contributed by atoms with E-state index in [9.17, 15) is 4.79 Å². The van der Waals surface area contributed by atoms with Gasteiger partial charge in [0, 0.05) is 31.4 Å². The molecular weight excluding hydrogens is 346 g/mol. The third-order valence-corrected chi connectivity index (χ3v) is 6.32. The highest BCUT2D eigenvalue weighted by Crippen LogP contribution is 2.29. The molecule has 4 nitrogen and oxygen atoms in total. The Labute approximate surface area is 173 Å². The lowest BCUT2D eigenvalue weighted by atomic mass is 9.87. The quantitative estimate of drug-likeness (QED) is 0.409. The first kappa shape index (κ1) is 23.0. The van der Waals surface area contributed by atoms with Gasteiger partial charge in [-0.2, -0.15) is 5.10 Å². The molecule has 1 aliphatic rings. The van der Waals surface area contributed by atoms with Gasteiger partial charge in [0.05, 0.1) is 6.04 Å². The van der Waals surface area contributed by atoms with Crippen LogP contribution in [0.25, 0.3) is 0 Å². The van der Waals surface area contributed by atoms with E-state index >= 15 is 0 Å². The highest BCUT2D eigenvalue weighted by Gasteiger charge is 2.29. The summed E-state index contributed by atoms with van der Waals surface area (Å²) in [7, 11) is 0. The normalized spacial score (nSPS) is 19.2. The van der Waals surface area contributed by atoms with Crippen molar-refractivity contribution in [2.75, 3.05) is 6.54 Å². The van der Waals surface area contributed by atoms with E-state index in [1.807, 2.05) is 12.3 Å². The average molecular weight is 390 g/mol. The van der Waals surface area contributed by atoms with E-state index in [1.54, 1.807) is 0 Å². The van der Waals surface area contributed by atoms with Crippen molar-refractivity contribution in [1.82, 2.24) is 14.7 Å². The molecule has 0 saturated carbocycles. The van der Waals surface area contributed by atoms with E-state index in [0.717, 1.165) is 32.2 Å². The predicted octanol–water partition coefficient (Wildman–Crippen LogP) is 6.09. The molecule has 0 aromatic carbocycles. The fourth-order valence-corrected chi connectivity index (χ4v) is 4.87. The van der Waals surface area contributed by atoms with Gasteiger partial charge in [0.2, 0.25) is 5.91 Å². The molecule has 0 N–H and O–H groups in total. The second-order valence-corrected chi connectivity index (χ2v) is 9.66. The molecule has 1 saturated heterocycles. The largest absolute Gasteiger partial charge is 0.340 e. The summed E-state index contributed by atoms with van der Waals surface area (Å²) in [5, 5.41) is 4.48. The lowest BCUT2D eigenvalue weighted by molar-refractivity contribution is -0.130. The smallest absolute Gasteiger partial charge is 0.222 e. The molecule has 28 heavy (non-hydrogen) atoms. The lowest BCUT2D eigenvalue weighted by Gasteiger charge is -2.32. The number of rotatable bonds is 13. The van der Waals surface area contributed by atoms with Crippen LogP contribution in [0.5, 0.6) is 0 Å². The number of hydrogen-bond donors (Lipinski definition) is 0. The van der Waals surface area contributed by atoms with Crippen LogP contribution in [0.4, 0.5) is 0 Å². The maximum atomic E-state index is 12.3. The molecule has 1 aliphatic heterocycles. The van der Waals surface area contributed by atoms with Gasteiger partial charge in [-0.25, -0.2) is 0 Å². The van der Waals surface area contributed by atoms with E-state index in [0.29, 0.717) is 35.7 Å². The van der Waals surface area contributed by atoms with Crippen LogP contribution in [-0.2, 0) is 4.79 Å². The van der Waals surface area contributed by atoms with E-state index in [2.05, 4.69) is 55.5 Å². The van der Waals surface area contributed by atoms with Crippen molar-refractivity contribution in [2.45, 2.75) is 104 Å². The van der Waals surface area contributed by atoms with Crippen molar-refractivity contribution in [3.63, 3.8) is 0 Å². The second-order valence-electron chi connectivity index (χ2n) is 9.66. The molecule has 4 heteroatoms. The summed E-state index contributed by atoms with van der Waals surface area (Å²) in [6.45, 7) is 12.6. The molecule has 0 radical (unpaired) electrons. The summed E-state index contributed by atoms with van der Waals surface area (Å²) in [4.78, 5) is 14.4. The summed E-state index contributed by atoms with van der Waals surface area (Å²) in [5.41, 5.74) is 0. The standard InChI is InChI=1S/C24H43N3O/c1-6-9-22(27-15-8-13-25-27)17-20(4)11-12-21(5)18-23(16-19(2)3)26-14-7-10-24(26)28/h8,13,15,19-23H,6-7,9-12,14,16-18H2,1-5H3/t20-,21+,22?,23?/m1/s1. The van der Waals surface area contributed by atoms with E-state index in [-0.39, 0.29) is 0 Å². The molecule has 1 aromatic heterocycles. The molecule has 0 spiro atoms. The Morgan fingerprint density at radius 1 is 1.00 bits per heavy atom. The highest BCUT2D eigenvalue weighted by molar-refractivity contribution is 5.78. The van der Waals surface area contributed by atoms with Gasteiger partial charge in [-0.1, -0.05) is 53.9 Å². The third-order valence-electron chi connectivity index (χ3n) is 6.32. The molecule has 2 heterocycles.